The Labute approximate surface area is 97.7 Å². The van der Waals surface area contributed by atoms with Crippen LogP contribution in [0.2, 0.25) is 0 Å². The molecule has 0 radical (unpaired) electrons. The summed E-state index contributed by atoms with van der Waals surface area (Å²) in [5, 5.41) is 16.4. The van der Waals surface area contributed by atoms with Crippen molar-refractivity contribution in [3.8, 4) is 0 Å². The molecule has 0 fully saturated rings. The average molecular weight is 225 g/mol. The Hall–Kier alpha value is -0.870. The summed E-state index contributed by atoms with van der Waals surface area (Å²) in [7, 11) is 0. The molecular weight excluding hydrogens is 202 g/mol. The number of hydrogen-bond donors (Lipinski definition) is 2. The zero-order valence-corrected chi connectivity index (χ0v) is 10.5. The van der Waals surface area contributed by atoms with Crippen molar-refractivity contribution >= 4 is 0 Å². The first-order valence-electron chi connectivity index (χ1n) is 6.03. The van der Waals surface area contributed by atoms with Crippen molar-refractivity contribution in [1.29, 1.82) is 0 Å². The fraction of sp³-hybridized carbons (Fsp3) is 0.750. The van der Waals surface area contributed by atoms with Crippen LogP contribution in [0.25, 0.3) is 0 Å². The van der Waals surface area contributed by atoms with Gasteiger partial charge in [0.2, 0.25) is 0 Å². The van der Waals surface area contributed by atoms with Crippen LogP contribution in [-0.2, 0) is 13.1 Å². The quantitative estimate of drug-likeness (QED) is 0.737. The summed E-state index contributed by atoms with van der Waals surface area (Å²) in [4.78, 5) is 0. The first-order chi connectivity index (χ1) is 7.67. The normalized spacial score (nSPS) is 15.0. The van der Waals surface area contributed by atoms with Gasteiger partial charge in [0.15, 0.2) is 0 Å². The Kier molecular flexibility index (Phi) is 5.49. The minimum atomic E-state index is 0.137. The maximum absolute atomic E-state index is 8.78. The molecule has 0 saturated heterocycles. The van der Waals surface area contributed by atoms with Crippen LogP contribution in [-0.4, -0.2) is 27.5 Å². The van der Waals surface area contributed by atoms with Crippen molar-refractivity contribution in [2.24, 2.45) is 5.92 Å². The van der Waals surface area contributed by atoms with Crippen molar-refractivity contribution in [3.63, 3.8) is 0 Å². The van der Waals surface area contributed by atoms with Gasteiger partial charge in [-0.3, -0.25) is 4.68 Å². The van der Waals surface area contributed by atoms with Gasteiger partial charge >= 0.3 is 0 Å². The summed E-state index contributed by atoms with van der Waals surface area (Å²) >= 11 is 0. The Morgan fingerprint density at radius 3 is 2.88 bits per heavy atom. The van der Waals surface area contributed by atoms with Gasteiger partial charge in [-0.05, 0) is 12.8 Å². The molecule has 1 aromatic rings. The lowest BCUT2D eigenvalue weighted by Crippen LogP contribution is -2.31. The Bertz CT molecular complexity index is 298. The maximum Gasteiger partial charge on any atom is 0.0640 e. The van der Waals surface area contributed by atoms with Crippen LogP contribution in [0, 0.1) is 5.92 Å². The third kappa shape index (κ3) is 3.94. The van der Waals surface area contributed by atoms with E-state index in [-0.39, 0.29) is 6.61 Å². The fourth-order valence-corrected chi connectivity index (χ4v) is 1.56. The molecule has 4 heteroatoms. The molecule has 0 bridgehead atoms. The Morgan fingerprint density at radius 1 is 1.50 bits per heavy atom. The lowest BCUT2D eigenvalue weighted by atomic mass is 10.0. The van der Waals surface area contributed by atoms with Crippen LogP contribution in [0.4, 0.5) is 0 Å². The Morgan fingerprint density at radius 2 is 2.25 bits per heavy atom. The van der Waals surface area contributed by atoms with Crippen LogP contribution in [0.3, 0.4) is 0 Å². The van der Waals surface area contributed by atoms with Crippen LogP contribution >= 0.6 is 0 Å². The second-order valence-electron chi connectivity index (χ2n) is 4.39. The molecule has 0 aliphatic carbocycles. The van der Waals surface area contributed by atoms with E-state index in [9.17, 15) is 0 Å². The maximum atomic E-state index is 8.78. The van der Waals surface area contributed by atoms with Crippen molar-refractivity contribution in [2.75, 3.05) is 6.61 Å². The molecule has 0 amide bonds. The predicted molar refractivity (Wildman–Crippen MR) is 65.1 cm³/mol. The highest BCUT2D eigenvalue weighted by atomic mass is 16.3. The van der Waals surface area contributed by atoms with E-state index in [4.69, 9.17) is 5.11 Å². The van der Waals surface area contributed by atoms with Crippen LogP contribution in [0.1, 0.15) is 32.8 Å². The predicted octanol–water partition coefficient (Wildman–Crippen LogP) is 1.40. The lowest BCUT2D eigenvalue weighted by Gasteiger charge is -2.19. The van der Waals surface area contributed by atoms with Gasteiger partial charge in [-0.15, -0.1) is 0 Å². The average Bonchev–Trinajstić information content (AvgIpc) is 2.73. The lowest BCUT2D eigenvalue weighted by molar-refractivity contribution is 0.269. The summed E-state index contributed by atoms with van der Waals surface area (Å²) in [6.07, 6.45) is 5.02. The van der Waals surface area contributed by atoms with E-state index in [1.54, 1.807) is 4.68 Å². The van der Waals surface area contributed by atoms with Gasteiger partial charge < -0.3 is 10.4 Å². The van der Waals surface area contributed by atoms with E-state index in [1.807, 2.05) is 12.4 Å². The molecule has 4 nitrogen and oxygen atoms in total. The molecule has 0 saturated carbocycles. The molecule has 92 valence electrons. The van der Waals surface area contributed by atoms with Crippen molar-refractivity contribution in [2.45, 2.75) is 46.3 Å². The third-order valence-electron chi connectivity index (χ3n) is 3.14. The van der Waals surface area contributed by atoms with E-state index >= 15 is 0 Å². The number of nitrogens with one attached hydrogen (secondary N) is 1. The highest BCUT2D eigenvalue weighted by Gasteiger charge is 2.09. The van der Waals surface area contributed by atoms with Crippen molar-refractivity contribution in [1.82, 2.24) is 15.1 Å². The molecule has 0 spiro atoms. The van der Waals surface area contributed by atoms with E-state index in [1.165, 1.54) is 12.0 Å². The molecule has 2 N–H and O–H groups in total. The van der Waals surface area contributed by atoms with Crippen LogP contribution in [0.5, 0.6) is 0 Å². The van der Waals surface area contributed by atoms with Gasteiger partial charge in [-0.25, -0.2) is 0 Å². The first-order valence-corrected chi connectivity index (χ1v) is 6.03. The number of rotatable bonds is 7. The van der Waals surface area contributed by atoms with Crippen LogP contribution in [0.15, 0.2) is 12.4 Å². The molecular formula is C12H23N3O. The number of hydrogen-bond acceptors (Lipinski definition) is 3. The molecule has 16 heavy (non-hydrogen) atoms. The molecule has 0 aliphatic rings. The standard InChI is InChI=1S/C12H23N3O/c1-4-10(2)11(3)13-7-12-8-14-15(9-12)5-6-16/h8-11,13,16H,4-7H2,1-3H3. The summed E-state index contributed by atoms with van der Waals surface area (Å²) in [5.74, 6) is 0.687. The zero-order valence-electron chi connectivity index (χ0n) is 10.5. The van der Waals surface area contributed by atoms with E-state index in [0.29, 0.717) is 18.5 Å². The second kappa shape index (κ2) is 6.66. The van der Waals surface area contributed by atoms with Gasteiger partial charge in [0.05, 0.1) is 19.3 Å². The smallest absolute Gasteiger partial charge is 0.0640 e. The summed E-state index contributed by atoms with van der Waals surface area (Å²) in [6, 6.07) is 0.520. The minimum absolute atomic E-state index is 0.137. The van der Waals surface area contributed by atoms with Crippen LogP contribution < -0.4 is 5.32 Å². The fourth-order valence-electron chi connectivity index (χ4n) is 1.56. The van der Waals surface area contributed by atoms with Gasteiger partial charge in [-0.1, -0.05) is 20.3 Å². The number of aromatic nitrogens is 2. The van der Waals surface area contributed by atoms with Gasteiger partial charge in [0, 0.05) is 24.3 Å². The third-order valence-corrected chi connectivity index (χ3v) is 3.14. The molecule has 1 aromatic heterocycles. The topological polar surface area (TPSA) is 50.1 Å². The van der Waals surface area contributed by atoms with Gasteiger partial charge in [0.1, 0.15) is 0 Å². The minimum Gasteiger partial charge on any atom is -0.394 e. The number of nitrogens with zero attached hydrogens (tertiary/aromatic N) is 2. The van der Waals surface area contributed by atoms with E-state index < -0.39 is 0 Å². The van der Waals surface area contributed by atoms with E-state index in [0.717, 1.165) is 6.54 Å². The number of aliphatic hydroxyl groups is 1. The highest BCUT2D eigenvalue weighted by molar-refractivity contribution is 5.03. The highest BCUT2D eigenvalue weighted by Crippen LogP contribution is 2.07. The van der Waals surface area contributed by atoms with Gasteiger partial charge in [-0.2, -0.15) is 5.10 Å². The molecule has 2 atom stereocenters. The monoisotopic (exact) mass is 225 g/mol. The first kappa shape index (κ1) is 13.2. The molecule has 1 heterocycles. The van der Waals surface area contributed by atoms with Gasteiger partial charge in [0.25, 0.3) is 0 Å². The number of aliphatic hydroxyl groups excluding tert-OH is 1. The molecule has 0 aliphatic heterocycles. The SMILES string of the molecule is CCC(C)C(C)NCc1cnn(CCO)c1. The largest absolute Gasteiger partial charge is 0.394 e. The summed E-state index contributed by atoms with van der Waals surface area (Å²) in [6.45, 7) is 8.23. The van der Waals surface area contributed by atoms with Crippen molar-refractivity contribution in [3.05, 3.63) is 18.0 Å². The molecule has 0 aromatic carbocycles. The summed E-state index contributed by atoms with van der Waals surface area (Å²) < 4.78 is 1.77. The zero-order chi connectivity index (χ0) is 12.0. The van der Waals surface area contributed by atoms with E-state index in [2.05, 4.69) is 31.2 Å². The molecule has 1 rings (SSSR count). The van der Waals surface area contributed by atoms with Crippen molar-refractivity contribution < 1.29 is 5.11 Å². The molecule has 2 unspecified atom stereocenters. The second-order valence-corrected chi connectivity index (χ2v) is 4.39. The summed E-state index contributed by atoms with van der Waals surface area (Å²) in [5.41, 5.74) is 1.17. The Balaban J connectivity index is 2.36.